The van der Waals surface area contributed by atoms with Gasteiger partial charge in [0, 0.05) is 50.2 Å². The molecule has 3 rings (SSSR count). The first-order valence-electron chi connectivity index (χ1n) is 7.88. The van der Waals surface area contributed by atoms with Crippen molar-refractivity contribution in [3.05, 3.63) is 35.7 Å². The maximum atomic E-state index is 4.55. The maximum Gasteiger partial charge on any atom is 0.106 e. The molecule has 0 amide bonds. The Balaban J connectivity index is 1.51. The fraction of sp³-hybridized carbons (Fsp3) is 0.625. The van der Waals surface area contributed by atoms with Crippen molar-refractivity contribution in [3.63, 3.8) is 0 Å². The SMILES string of the molecule is CN(Cc1cnn(C)c1)Cc1cnc(CC2CCCC2)[nH]1. The number of nitrogens with zero attached hydrogens (tertiary/aromatic N) is 4. The van der Waals surface area contributed by atoms with Gasteiger partial charge in [0.15, 0.2) is 0 Å². The highest BCUT2D eigenvalue weighted by molar-refractivity contribution is 5.05. The summed E-state index contributed by atoms with van der Waals surface area (Å²) in [5.41, 5.74) is 2.44. The molecular weight excluding hydrogens is 262 g/mol. The van der Waals surface area contributed by atoms with Crippen LogP contribution in [0.25, 0.3) is 0 Å². The first-order chi connectivity index (χ1) is 10.2. The molecule has 0 atom stereocenters. The lowest BCUT2D eigenvalue weighted by Gasteiger charge is -2.14. The molecule has 2 aromatic heterocycles. The number of H-pyrrole nitrogens is 1. The Labute approximate surface area is 126 Å². The highest BCUT2D eigenvalue weighted by atomic mass is 15.2. The van der Waals surface area contributed by atoms with Gasteiger partial charge in [0.1, 0.15) is 5.82 Å². The van der Waals surface area contributed by atoms with E-state index in [-0.39, 0.29) is 0 Å². The van der Waals surface area contributed by atoms with Gasteiger partial charge in [-0.25, -0.2) is 4.98 Å². The quantitative estimate of drug-likeness (QED) is 0.888. The Hall–Kier alpha value is -1.62. The molecule has 5 nitrogen and oxygen atoms in total. The Bertz CT molecular complexity index is 565. The van der Waals surface area contributed by atoms with Crippen LogP contribution in [-0.4, -0.2) is 31.7 Å². The molecule has 1 aliphatic rings. The van der Waals surface area contributed by atoms with Gasteiger partial charge in [-0.3, -0.25) is 9.58 Å². The van der Waals surface area contributed by atoms with Crippen LogP contribution in [0.2, 0.25) is 0 Å². The second kappa shape index (κ2) is 6.43. The molecule has 0 saturated heterocycles. The Morgan fingerprint density at radius 1 is 1.29 bits per heavy atom. The fourth-order valence-corrected chi connectivity index (χ4v) is 3.29. The zero-order valence-corrected chi connectivity index (χ0v) is 13.0. The predicted molar refractivity (Wildman–Crippen MR) is 82.6 cm³/mol. The number of hydrogen-bond acceptors (Lipinski definition) is 3. The highest BCUT2D eigenvalue weighted by Crippen LogP contribution is 2.27. The van der Waals surface area contributed by atoms with Crippen molar-refractivity contribution in [1.29, 1.82) is 0 Å². The van der Waals surface area contributed by atoms with Crippen molar-refractivity contribution >= 4 is 0 Å². The monoisotopic (exact) mass is 287 g/mol. The van der Waals surface area contributed by atoms with Crippen molar-refractivity contribution in [2.75, 3.05) is 7.05 Å². The minimum absolute atomic E-state index is 0.845. The van der Waals surface area contributed by atoms with Crippen LogP contribution in [0.1, 0.15) is 42.8 Å². The van der Waals surface area contributed by atoms with E-state index in [0.29, 0.717) is 0 Å². The number of aryl methyl sites for hydroxylation is 1. The van der Waals surface area contributed by atoms with Crippen LogP contribution >= 0.6 is 0 Å². The topological polar surface area (TPSA) is 49.7 Å². The normalized spacial score (nSPS) is 16.1. The van der Waals surface area contributed by atoms with Gasteiger partial charge in [-0.15, -0.1) is 0 Å². The van der Waals surface area contributed by atoms with Gasteiger partial charge in [0.25, 0.3) is 0 Å². The third-order valence-corrected chi connectivity index (χ3v) is 4.29. The molecule has 0 aliphatic heterocycles. The smallest absolute Gasteiger partial charge is 0.106 e. The van der Waals surface area contributed by atoms with E-state index >= 15 is 0 Å². The van der Waals surface area contributed by atoms with E-state index in [1.165, 1.54) is 36.9 Å². The molecule has 0 bridgehead atoms. The van der Waals surface area contributed by atoms with E-state index in [9.17, 15) is 0 Å². The lowest BCUT2D eigenvalue weighted by Crippen LogP contribution is -2.17. The minimum atomic E-state index is 0.845. The zero-order chi connectivity index (χ0) is 14.7. The third-order valence-electron chi connectivity index (χ3n) is 4.29. The average molecular weight is 287 g/mol. The van der Waals surface area contributed by atoms with E-state index in [1.807, 2.05) is 24.1 Å². The molecular formula is C16H25N5. The second-order valence-corrected chi connectivity index (χ2v) is 6.40. The van der Waals surface area contributed by atoms with Crippen LogP contribution in [0.3, 0.4) is 0 Å². The van der Waals surface area contributed by atoms with E-state index in [1.54, 1.807) is 0 Å². The van der Waals surface area contributed by atoms with Crippen LogP contribution in [0.15, 0.2) is 18.6 Å². The van der Waals surface area contributed by atoms with E-state index in [4.69, 9.17) is 0 Å². The van der Waals surface area contributed by atoms with Gasteiger partial charge in [-0.1, -0.05) is 25.7 Å². The van der Waals surface area contributed by atoms with Crippen molar-refractivity contribution in [2.24, 2.45) is 13.0 Å². The molecule has 0 unspecified atom stereocenters. The van der Waals surface area contributed by atoms with Crippen molar-refractivity contribution in [1.82, 2.24) is 24.6 Å². The standard InChI is InChI=1S/C16H25N5/c1-20(10-14-8-18-21(2)11-14)12-15-9-17-16(19-15)7-13-5-3-4-6-13/h8-9,11,13H,3-7,10,12H2,1-2H3,(H,17,19). The second-order valence-electron chi connectivity index (χ2n) is 6.40. The van der Waals surface area contributed by atoms with Crippen LogP contribution in [0.5, 0.6) is 0 Å². The van der Waals surface area contributed by atoms with Gasteiger partial charge in [-0.05, 0) is 13.0 Å². The van der Waals surface area contributed by atoms with Gasteiger partial charge < -0.3 is 4.98 Å². The molecule has 1 fully saturated rings. The Morgan fingerprint density at radius 3 is 2.81 bits per heavy atom. The molecule has 2 aromatic rings. The van der Waals surface area contributed by atoms with Gasteiger partial charge in [-0.2, -0.15) is 5.10 Å². The Kier molecular flexibility index (Phi) is 4.39. The molecule has 2 heterocycles. The summed E-state index contributed by atoms with van der Waals surface area (Å²) in [5, 5.41) is 4.21. The van der Waals surface area contributed by atoms with Crippen LogP contribution in [0.4, 0.5) is 0 Å². The molecule has 5 heteroatoms. The summed E-state index contributed by atoms with van der Waals surface area (Å²) < 4.78 is 1.85. The summed E-state index contributed by atoms with van der Waals surface area (Å²) in [7, 11) is 4.08. The minimum Gasteiger partial charge on any atom is -0.345 e. The summed E-state index contributed by atoms with van der Waals surface area (Å²) in [5.74, 6) is 2.00. The Morgan fingerprint density at radius 2 is 2.10 bits per heavy atom. The van der Waals surface area contributed by atoms with Crippen molar-refractivity contribution in [3.8, 4) is 0 Å². The largest absolute Gasteiger partial charge is 0.345 e. The summed E-state index contributed by atoms with van der Waals surface area (Å²) in [6.45, 7) is 1.80. The molecule has 0 spiro atoms. The summed E-state index contributed by atoms with van der Waals surface area (Å²) >= 11 is 0. The number of aromatic nitrogens is 4. The summed E-state index contributed by atoms with van der Waals surface area (Å²) in [4.78, 5) is 10.3. The van der Waals surface area contributed by atoms with Gasteiger partial charge >= 0.3 is 0 Å². The maximum absolute atomic E-state index is 4.55. The van der Waals surface area contributed by atoms with Crippen LogP contribution in [-0.2, 0) is 26.6 Å². The molecule has 1 aliphatic carbocycles. The third kappa shape index (κ3) is 3.94. The number of imidazole rings is 1. The lowest BCUT2D eigenvalue weighted by molar-refractivity contribution is 0.315. The number of nitrogens with one attached hydrogen (secondary N) is 1. The van der Waals surface area contributed by atoms with Gasteiger partial charge in [0.05, 0.1) is 6.20 Å². The molecule has 0 aromatic carbocycles. The molecule has 114 valence electrons. The molecule has 1 saturated carbocycles. The fourth-order valence-electron chi connectivity index (χ4n) is 3.29. The number of hydrogen-bond donors (Lipinski definition) is 1. The first kappa shape index (κ1) is 14.3. The average Bonchev–Trinajstić information content (AvgIpc) is 3.15. The summed E-state index contributed by atoms with van der Waals surface area (Å²) in [6.07, 6.45) is 12.6. The molecule has 1 N–H and O–H groups in total. The van der Waals surface area contributed by atoms with E-state index < -0.39 is 0 Å². The summed E-state index contributed by atoms with van der Waals surface area (Å²) in [6, 6.07) is 0. The lowest BCUT2D eigenvalue weighted by atomic mass is 10.0. The highest BCUT2D eigenvalue weighted by Gasteiger charge is 2.17. The van der Waals surface area contributed by atoms with Crippen molar-refractivity contribution < 1.29 is 0 Å². The first-order valence-corrected chi connectivity index (χ1v) is 7.88. The molecule has 0 radical (unpaired) electrons. The van der Waals surface area contributed by atoms with E-state index in [2.05, 4.69) is 33.2 Å². The predicted octanol–water partition coefficient (Wildman–Crippen LogP) is 2.51. The number of rotatable bonds is 6. The van der Waals surface area contributed by atoms with Crippen LogP contribution in [0, 0.1) is 5.92 Å². The van der Waals surface area contributed by atoms with Crippen molar-refractivity contribution in [2.45, 2.75) is 45.2 Å². The zero-order valence-electron chi connectivity index (χ0n) is 13.0. The van der Waals surface area contributed by atoms with Gasteiger partial charge in [0.2, 0.25) is 0 Å². The van der Waals surface area contributed by atoms with E-state index in [0.717, 1.165) is 31.3 Å². The number of aromatic amines is 1. The van der Waals surface area contributed by atoms with Crippen LogP contribution < -0.4 is 0 Å². The molecule has 21 heavy (non-hydrogen) atoms.